The van der Waals surface area contributed by atoms with E-state index in [1.165, 1.54) is 19.3 Å². The second-order valence-corrected chi connectivity index (χ2v) is 5.75. The number of aromatic nitrogens is 2. The molecule has 5 heteroatoms. The minimum absolute atomic E-state index is 0.381. The van der Waals surface area contributed by atoms with Crippen LogP contribution in [0.2, 0.25) is 5.15 Å². The maximum absolute atomic E-state index is 6.18. The Morgan fingerprint density at radius 2 is 2.37 bits per heavy atom. The van der Waals surface area contributed by atoms with E-state index in [0.717, 1.165) is 44.1 Å². The number of likely N-dealkylation sites (N-methyl/N-ethyl adjacent to an activating group) is 1. The predicted octanol–water partition coefficient (Wildman–Crippen LogP) is 3.02. The highest BCUT2D eigenvalue weighted by Crippen LogP contribution is 2.18. The lowest BCUT2D eigenvalue weighted by atomic mass is 10.2. The van der Waals surface area contributed by atoms with Crippen LogP contribution in [0.25, 0.3) is 0 Å². The van der Waals surface area contributed by atoms with Gasteiger partial charge in [-0.1, -0.05) is 24.9 Å². The van der Waals surface area contributed by atoms with Gasteiger partial charge in [0.15, 0.2) is 5.15 Å². The highest BCUT2D eigenvalue weighted by molar-refractivity contribution is 6.30. The number of aromatic amines is 1. The van der Waals surface area contributed by atoms with Crippen LogP contribution >= 0.6 is 11.6 Å². The van der Waals surface area contributed by atoms with E-state index in [1.807, 2.05) is 0 Å². The van der Waals surface area contributed by atoms with Gasteiger partial charge in [0.25, 0.3) is 0 Å². The fourth-order valence-electron chi connectivity index (χ4n) is 2.48. The summed E-state index contributed by atoms with van der Waals surface area (Å²) in [6, 6.07) is 0. The van der Waals surface area contributed by atoms with E-state index in [2.05, 4.69) is 28.8 Å². The van der Waals surface area contributed by atoms with Crippen molar-refractivity contribution < 1.29 is 4.74 Å². The third kappa shape index (κ3) is 4.48. The lowest BCUT2D eigenvalue weighted by Gasteiger charge is -2.19. The van der Waals surface area contributed by atoms with Crippen LogP contribution in [-0.4, -0.2) is 41.2 Å². The summed E-state index contributed by atoms with van der Waals surface area (Å²) >= 11 is 6.18. The first-order chi connectivity index (χ1) is 9.19. The van der Waals surface area contributed by atoms with Gasteiger partial charge in [0, 0.05) is 26.1 Å². The average Bonchev–Trinajstić information content (AvgIpc) is 2.98. The van der Waals surface area contributed by atoms with E-state index < -0.39 is 0 Å². The minimum atomic E-state index is 0.381. The molecule has 1 aromatic heterocycles. The van der Waals surface area contributed by atoms with Gasteiger partial charge in [-0.15, -0.1) is 0 Å². The number of nitrogens with one attached hydrogen (secondary N) is 1. The third-order valence-corrected chi connectivity index (χ3v) is 3.82. The standard InChI is InChI=1S/C14H24ClN3O/c1-3-4-7-13-16-12(14(15)17-13)10-18(2)9-11-6-5-8-19-11/h11H,3-10H2,1-2H3,(H,16,17). The lowest BCUT2D eigenvalue weighted by Crippen LogP contribution is -2.28. The van der Waals surface area contributed by atoms with Crippen LogP contribution in [0.1, 0.15) is 44.1 Å². The number of hydrogen-bond acceptors (Lipinski definition) is 3. The van der Waals surface area contributed by atoms with Crippen LogP contribution in [0.15, 0.2) is 0 Å². The number of ether oxygens (including phenoxy) is 1. The molecule has 1 N–H and O–H groups in total. The summed E-state index contributed by atoms with van der Waals surface area (Å²) in [7, 11) is 2.10. The molecule has 0 saturated carbocycles. The number of halogens is 1. The van der Waals surface area contributed by atoms with E-state index in [0.29, 0.717) is 11.3 Å². The number of imidazole rings is 1. The van der Waals surface area contributed by atoms with Gasteiger partial charge in [-0.25, -0.2) is 4.98 Å². The zero-order valence-electron chi connectivity index (χ0n) is 11.9. The van der Waals surface area contributed by atoms with Crippen molar-refractivity contribution in [2.45, 2.75) is 51.7 Å². The highest BCUT2D eigenvalue weighted by atomic mass is 35.5. The van der Waals surface area contributed by atoms with Gasteiger partial charge < -0.3 is 9.72 Å². The second-order valence-electron chi connectivity index (χ2n) is 5.39. The zero-order chi connectivity index (χ0) is 13.7. The van der Waals surface area contributed by atoms with Gasteiger partial charge in [0.05, 0.1) is 11.8 Å². The van der Waals surface area contributed by atoms with Gasteiger partial charge in [-0.3, -0.25) is 4.90 Å². The van der Waals surface area contributed by atoms with Crippen molar-refractivity contribution in [1.82, 2.24) is 14.9 Å². The molecule has 108 valence electrons. The summed E-state index contributed by atoms with van der Waals surface area (Å²) in [6.45, 7) is 4.85. The summed E-state index contributed by atoms with van der Waals surface area (Å²) in [5.41, 5.74) is 1.02. The molecule has 1 saturated heterocycles. The largest absolute Gasteiger partial charge is 0.377 e. The molecule has 2 heterocycles. The summed E-state index contributed by atoms with van der Waals surface area (Å²) in [6.07, 6.45) is 6.03. The van der Waals surface area contributed by atoms with Crippen molar-refractivity contribution in [3.8, 4) is 0 Å². The smallest absolute Gasteiger partial charge is 0.151 e. The summed E-state index contributed by atoms with van der Waals surface area (Å²) < 4.78 is 5.65. The SMILES string of the molecule is CCCCc1nc(Cl)c(CN(C)CC2CCCO2)[nH]1. The molecule has 1 atom stereocenters. The summed E-state index contributed by atoms with van der Waals surface area (Å²) in [4.78, 5) is 9.98. The molecule has 0 bridgehead atoms. The topological polar surface area (TPSA) is 41.2 Å². The van der Waals surface area contributed by atoms with Crippen molar-refractivity contribution in [2.24, 2.45) is 0 Å². The van der Waals surface area contributed by atoms with Crippen molar-refractivity contribution in [1.29, 1.82) is 0 Å². The predicted molar refractivity (Wildman–Crippen MR) is 77.5 cm³/mol. The van der Waals surface area contributed by atoms with Gasteiger partial charge in [-0.2, -0.15) is 0 Å². The molecule has 0 amide bonds. The Morgan fingerprint density at radius 1 is 1.53 bits per heavy atom. The highest BCUT2D eigenvalue weighted by Gasteiger charge is 2.18. The Kier molecular flexibility index (Phi) is 5.67. The minimum Gasteiger partial charge on any atom is -0.377 e. The van der Waals surface area contributed by atoms with Crippen molar-refractivity contribution in [3.05, 3.63) is 16.7 Å². The van der Waals surface area contributed by atoms with Gasteiger partial charge in [-0.05, 0) is 26.3 Å². The molecule has 0 radical (unpaired) electrons. The van der Waals surface area contributed by atoms with Gasteiger partial charge >= 0.3 is 0 Å². The maximum atomic E-state index is 6.18. The van der Waals surface area contributed by atoms with Gasteiger partial charge in [0.1, 0.15) is 5.82 Å². The second kappa shape index (κ2) is 7.27. The number of H-pyrrole nitrogens is 1. The van der Waals surface area contributed by atoms with E-state index >= 15 is 0 Å². The van der Waals surface area contributed by atoms with Crippen molar-refractivity contribution >= 4 is 11.6 Å². The molecule has 0 spiro atoms. The molecule has 1 aromatic rings. The van der Waals surface area contributed by atoms with Crippen LogP contribution in [-0.2, 0) is 17.7 Å². The average molecular weight is 286 g/mol. The Morgan fingerprint density at radius 3 is 3.05 bits per heavy atom. The van der Waals surface area contributed by atoms with Crippen molar-refractivity contribution in [3.63, 3.8) is 0 Å². The summed E-state index contributed by atoms with van der Waals surface area (Å²) in [5, 5.41) is 0.616. The van der Waals surface area contributed by atoms with Crippen molar-refractivity contribution in [2.75, 3.05) is 20.2 Å². The van der Waals surface area contributed by atoms with E-state index in [4.69, 9.17) is 16.3 Å². The Balaban J connectivity index is 1.84. The number of rotatable bonds is 7. The molecular weight excluding hydrogens is 262 g/mol. The first-order valence-electron chi connectivity index (χ1n) is 7.22. The molecule has 19 heavy (non-hydrogen) atoms. The molecule has 1 aliphatic heterocycles. The fraction of sp³-hybridized carbons (Fsp3) is 0.786. The molecule has 4 nitrogen and oxygen atoms in total. The normalized spacial score (nSPS) is 19.5. The molecule has 1 unspecified atom stereocenters. The monoisotopic (exact) mass is 285 g/mol. The van der Waals surface area contributed by atoms with Crippen LogP contribution < -0.4 is 0 Å². The first-order valence-corrected chi connectivity index (χ1v) is 7.60. The first kappa shape index (κ1) is 14.8. The van der Waals surface area contributed by atoms with Crippen LogP contribution in [0, 0.1) is 0 Å². The van der Waals surface area contributed by atoms with E-state index in [9.17, 15) is 0 Å². The number of hydrogen-bond donors (Lipinski definition) is 1. The van der Waals surface area contributed by atoms with E-state index in [-0.39, 0.29) is 0 Å². The summed E-state index contributed by atoms with van der Waals surface area (Å²) in [5.74, 6) is 1.01. The molecule has 0 aromatic carbocycles. The zero-order valence-corrected chi connectivity index (χ0v) is 12.7. The quantitative estimate of drug-likeness (QED) is 0.837. The molecule has 2 rings (SSSR count). The van der Waals surface area contributed by atoms with Crippen LogP contribution in [0.3, 0.4) is 0 Å². The molecular formula is C14H24ClN3O. The Bertz CT molecular complexity index is 388. The van der Waals surface area contributed by atoms with Crippen LogP contribution in [0.5, 0.6) is 0 Å². The van der Waals surface area contributed by atoms with E-state index in [1.54, 1.807) is 0 Å². The fourth-order valence-corrected chi connectivity index (χ4v) is 2.69. The molecule has 1 fully saturated rings. The number of nitrogens with zero attached hydrogens (tertiary/aromatic N) is 2. The number of unbranched alkanes of at least 4 members (excludes halogenated alkanes) is 1. The van der Waals surface area contributed by atoms with Gasteiger partial charge in [0.2, 0.25) is 0 Å². The molecule has 0 aliphatic carbocycles. The third-order valence-electron chi connectivity index (χ3n) is 3.51. The number of aryl methyl sites for hydroxylation is 1. The maximum Gasteiger partial charge on any atom is 0.151 e. The Labute approximate surface area is 120 Å². The molecule has 1 aliphatic rings. The Hall–Kier alpha value is -0.580. The lowest BCUT2D eigenvalue weighted by molar-refractivity contribution is 0.0790. The van der Waals surface area contributed by atoms with Crippen LogP contribution in [0.4, 0.5) is 0 Å².